The van der Waals surface area contributed by atoms with Crippen LogP contribution in [-0.2, 0) is 6.54 Å². The predicted octanol–water partition coefficient (Wildman–Crippen LogP) is 3.35. The maximum atomic E-state index is 13.0. The number of nitrogens with zero attached hydrogens (tertiary/aromatic N) is 2. The van der Waals surface area contributed by atoms with Gasteiger partial charge in [-0.05, 0) is 31.5 Å². The first kappa shape index (κ1) is 12.5. The van der Waals surface area contributed by atoms with Crippen LogP contribution in [0.3, 0.4) is 0 Å². The van der Waals surface area contributed by atoms with Crippen LogP contribution in [-0.4, -0.2) is 9.78 Å². The van der Waals surface area contributed by atoms with Crippen molar-refractivity contribution in [1.82, 2.24) is 9.78 Å². The Morgan fingerprint density at radius 3 is 2.50 bits per heavy atom. The van der Waals surface area contributed by atoms with E-state index >= 15 is 0 Å². The summed E-state index contributed by atoms with van der Waals surface area (Å²) < 4.78 is 27.8. The molecule has 0 bridgehead atoms. The first-order valence-corrected chi connectivity index (χ1v) is 5.78. The van der Waals surface area contributed by atoms with Gasteiger partial charge < -0.3 is 5.32 Å². The third-order valence-electron chi connectivity index (χ3n) is 2.56. The van der Waals surface area contributed by atoms with Crippen molar-refractivity contribution < 1.29 is 8.78 Å². The van der Waals surface area contributed by atoms with E-state index in [1.807, 2.05) is 24.6 Å². The van der Waals surface area contributed by atoms with E-state index in [9.17, 15) is 8.78 Å². The molecular weight excluding hydrogens is 236 g/mol. The van der Waals surface area contributed by atoms with Crippen LogP contribution in [0.2, 0.25) is 0 Å². The van der Waals surface area contributed by atoms with Crippen molar-refractivity contribution >= 4 is 5.82 Å². The summed E-state index contributed by atoms with van der Waals surface area (Å²) in [5.74, 6) is -0.303. The summed E-state index contributed by atoms with van der Waals surface area (Å²) in [4.78, 5) is 0. The Balaban J connectivity index is 2.09. The highest BCUT2D eigenvalue weighted by Crippen LogP contribution is 2.15. The minimum atomic E-state index is -0.566. The second kappa shape index (κ2) is 5.16. The predicted molar refractivity (Wildman–Crippen MR) is 66.3 cm³/mol. The van der Waals surface area contributed by atoms with Crippen molar-refractivity contribution in [3.8, 4) is 0 Å². The zero-order valence-corrected chi connectivity index (χ0v) is 10.3. The van der Waals surface area contributed by atoms with Gasteiger partial charge in [-0.2, -0.15) is 5.10 Å². The number of halogens is 2. The Bertz CT molecular complexity index is 515. The van der Waals surface area contributed by atoms with Gasteiger partial charge in [0, 0.05) is 24.7 Å². The van der Waals surface area contributed by atoms with Crippen molar-refractivity contribution in [3.05, 3.63) is 47.7 Å². The minimum absolute atomic E-state index is 0.228. The molecule has 0 amide bonds. The fraction of sp³-hybridized carbons (Fsp3) is 0.308. The molecule has 0 unspecified atom stereocenters. The van der Waals surface area contributed by atoms with E-state index < -0.39 is 11.6 Å². The summed E-state index contributed by atoms with van der Waals surface area (Å²) in [5.41, 5.74) is 0.559. The van der Waals surface area contributed by atoms with E-state index in [2.05, 4.69) is 10.4 Å². The molecule has 1 N–H and O–H groups in total. The van der Waals surface area contributed by atoms with Crippen LogP contribution in [0, 0.1) is 11.6 Å². The van der Waals surface area contributed by atoms with Gasteiger partial charge in [0.1, 0.15) is 17.5 Å². The molecule has 18 heavy (non-hydrogen) atoms. The van der Waals surface area contributed by atoms with E-state index in [-0.39, 0.29) is 6.04 Å². The minimum Gasteiger partial charge on any atom is -0.366 e. The number of aromatic nitrogens is 2. The van der Waals surface area contributed by atoms with Gasteiger partial charge in [-0.15, -0.1) is 0 Å². The van der Waals surface area contributed by atoms with E-state index in [4.69, 9.17) is 0 Å². The third-order valence-corrected chi connectivity index (χ3v) is 2.56. The molecule has 0 aliphatic carbocycles. The van der Waals surface area contributed by atoms with Gasteiger partial charge in [0.25, 0.3) is 0 Å². The van der Waals surface area contributed by atoms with E-state index in [1.54, 1.807) is 6.20 Å². The molecule has 5 heteroatoms. The van der Waals surface area contributed by atoms with Gasteiger partial charge in [-0.25, -0.2) is 13.5 Å². The first-order chi connectivity index (χ1) is 8.56. The topological polar surface area (TPSA) is 29.9 Å². The number of benzene rings is 1. The number of hydrogen-bond donors (Lipinski definition) is 1. The average molecular weight is 251 g/mol. The Hall–Kier alpha value is -1.91. The van der Waals surface area contributed by atoms with E-state index in [0.29, 0.717) is 12.1 Å². The molecule has 0 atom stereocenters. The van der Waals surface area contributed by atoms with Crippen LogP contribution in [0.4, 0.5) is 14.6 Å². The molecule has 0 fully saturated rings. The number of rotatable bonds is 4. The lowest BCUT2D eigenvalue weighted by molar-refractivity contribution is 0.537. The van der Waals surface area contributed by atoms with Gasteiger partial charge in [0.05, 0.1) is 6.20 Å². The highest BCUT2D eigenvalue weighted by molar-refractivity contribution is 5.36. The summed E-state index contributed by atoms with van der Waals surface area (Å²) in [6, 6.07) is 5.54. The summed E-state index contributed by atoms with van der Waals surface area (Å²) in [5, 5.41) is 7.28. The monoisotopic (exact) mass is 251 g/mol. The summed E-state index contributed by atoms with van der Waals surface area (Å²) >= 11 is 0. The number of nitrogens with one attached hydrogen (secondary N) is 1. The van der Waals surface area contributed by atoms with Gasteiger partial charge in [0.15, 0.2) is 0 Å². The lowest BCUT2D eigenvalue weighted by Gasteiger charge is -2.12. The highest BCUT2D eigenvalue weighted by Gasteiger charge is 2.06. The van der Waals surface area contributed by atoms with Crippen molar-refractivity contribution in [2.75, 3.05) is 5.32 Å². The van der Waals surface area contributed by atoms with Crippen molar-refractivity contribution in [2.24, 2.45) is 0 Å². The van der Waals surface area contributed by atoms with Gasteiger partial charge >= 0.3 is 0 Å². The zero-order chi connectivity index (χ0) is 13.1. The van der Waals surface area contributed by atoms with Gasteiger partial charge in [-0.3, -0.25) is 0 Å². The maximum Gasteiger partial charge on any atom is 0.126 e. The molecule has 1 aromatic carbocycles. The van der Waals surface area contributed by atoms with Crippen LogP contribution >= 0.6 is 0 Å². The molecule has 1 heterocycles. The van der Waals surface area contributed by atoms with Crippen molar-refractivity contribution in [2.45, 2.75) is 26.4 Å². The maximum absolute atomic E-state index is 13.0. The summed E-state index contributed by atoms with van der Waals surface area (Å²) in [6.07, 6.45) is 1.69. The average Bonchev–Trinajstić information content (AvgIpc) is 2.73. The molecule has 96 valence electrons. The lowest BCUT2D eigenvalue weighted by Crippen LogP contribution is -2.10. The molecule has 0 saturated heterocycles. The third kappa shape index (κ3) is 2.85. The number of anilines is 1. The summed E-state index contributed by atoms with van der Waals surface area (Å²) in [6.45, 7) is 4.38. The Labute approximate surface area is 104 Å². The fourth-order valence-corrected chi connectivity index (χ4v) is 1.77. The lowest BCUT2D eigenvalue weighted by atomic mass is 10.2. The molecule has 3 nitrogen and oxygen atoms in total. The largest absolute Gasteiger partial charge is 0.366 e. The standard InChI is InChI=1S/C13H15F2N3/c1-9(2)18-13(3-4-17-18)16-8-10-5-11(14)7-12(15)6-10/h3-7,9,16H,8H2,1-2H3. The number of hydrogen-bond acceptors (Lipinski definition) is 2. The second-order valence-electron chi connectivity index (χ2n) is 4.39. The molecule has 0 radical (unpaired) electrons. The quantitative estimate of drug-likeness (QED) is 0.903. The molecule has 0 spiro atoms. The van der Waals surface area contributed by atoms with Crippen LogP contribution in [0.15, 0.2) is 30.5 Å². The highest BCUT2D eigenvalue weighted by atomic mass is 19.1. The van der Waals surface area contributed by atoms with Crippen LogP contribution in [0.5, 0.6) is 0 Å². The molecular formula is C13H15F2N3. The Morgan fingerprint density at radius 2 is 1.89 bits per heavy atom. The SMILES string of the molecule is CC(C)n1nccc1NCc1cc(F)cc(F)c1. The van der Waals surface area contributed by atoms with Gasteiger partial charge in [-0.1, -0.05) is 0 Å². The molecule has 0 aliphatic heterocycles. The molecule has 1 aromatic heterocycles. The molecule has 2 aromatic rings. The summed E-state index contributed by atoms with van der Waals surface area (Å²) in [7, 11) is 0. The second-order valence-corrected chi connectivity index (χ2v) is 4.39. The molecule has 0 aliphatic rings. The molecule has 0 saturated carbocycles. The van der Waals surface area contributed by atoms with E-state index in [1.165, 1.54) is 12.1 Å². The van der Waals surface area contributed by atoms with Crippen LogP contribution in [0.1, 0.15) is 25.5 Å². The smallest absolute Gasteiger partial charge is 0.126 e. The van der Waals surface area contributed by atoms with Crippen LogP contribution < -0.4 is 5.32 Å². The normalized spacial score (nSPS) is 10.9. The van der Waals surface area contributed by atoms with E-state index in [0.717, 1.165) is 11.9 Å². The fourth-order valence-electron chi connectivity index (χ4n) is 1.77. The Morgan fingerprint density at radius 1 is 1.22 bits per heavy atom. The van der Waals surface area contributed by atoms with Crippen molar-refractivity contribution in [3.63, 3.8) is 0 Å². The van der Waals surface area contributed by atoms with Gasteiger partial charge in [0.2, 0.25) is 0 Å². The zero-order valence-electron chi connectivity index (χ0n) is 10.3. The van der Waals surface area contributed by atoms with Crippen LogP contribution in [0.25, 0.3) is 0 Å². The Kier molecular flexibility index (Phi) is 3.60. The van der Waals surface area contributed by atoms with Crippen molar-refractivity contribution in [1.29, 1.82) is 0 Å². The molecule has 2 rings (SSSR count). The first-order valence-electron chi connectivity index (χ1n) is 5.78.